The van der Waals surface area contributed by atoms with Crippen LogP contribution in [0.1, 0.15) is 5.56 Å². The molecule has 0 radical (unpaired) electrons. The van der Waals surface area contributed by atoms with E-state index < -0.39 is 7.26 Å². The van der Waals surface area contributed by atoms with Crippen LogP contribution in [0.3, 0.4) is 0 Å². The van der Waals surface area contributed by atoms with Crippen molar-refractivity contribution >= 4 is 28.9 Å². The van der Waals surface area contributed by atoms with Gasteiger partial charge in [-0.25, -0.2) is 0 Å². The van der Waals surface area contributed by atoms with Crippen LogP contribution in [0.15, 0.2) is 115 Å². The molecule has 4 aromatic carbocycles. The summed E-state index contributed by atoms with van der Waals surface area (Å²) in [7, 11) is -1.77. The molecule has 0 unspecified atom stereocenters. The average molecular weight is 476 g/mol. The SMILES string of the molecule is Cc1ccccc1NCC[P+](c1ccccc1)(c1ccccc1)c1ccccc1.[Br-]. The molecule has 0 spiro atoms. The smallest absolute Gasteiger partial charge is 0.113 e. The molecular formula is C27H27BrNP. The summed E-state index contributed by atoms with van der Waals surface area (Å²) in [5.41, 5.74) is 2.51. The minimum Gasteiger partial charge on any atom is -1.00 e. The fourth-order valence-corrected chi connectivity index (χ4v) is 8.17. The third kappa shape index (κ3) is 4.67. The lowest BCUT2D eigenvalue weighted by atomic mass is 10.2. The zero-order chi connectivity index (χ0) is 19.9. The van der Waals surface area contributed by atoms with Crippen molar-refractivity contribution in [1.29, 1.82) is 0 Å². The molecule has 0 aliphatic rings. The molecule has 30 heavy (non-hydrogen) atoms. The second-order valence-electron chi connectivity index (χ2n) is 7.28. The molecule has 4 rings (SSSR count). The van der Waals surface area contributed by atoms with Crippen LogP contribution in [0.25, 0.3) is 0 Å². The Hall–Kier alpha value is -2.41. The van der Waals surface area contributed by atoms with Crippen molar-refractivity contribution in [3.63, 3.8) is 0 Å². The van der Waals surface area contributed by atoms with Crippen LogP contribution in [0.2, 0.25) is 0 Å². The lowest BCUT2D eigenvalue weighted by Crippen LogP contribution is -3.00. The topological polar surface area (TPSA) is 12.0 Å². The highest BCUT2D eigenvalue weighted by Crippen LogP contribution is 2.54. The number of anilines is 1. The lowest BCUT2D eigenvalue weighted by Gasteiger charge is -2.28. The van der Waals surface area contributed by atoms with Crippen molar-refractivity contribution in [3.05, 3.63) is 121 Å². The van der Waals surface area contributed by atoms with E-state index in [0.29, 0.717) is 0 Å². The average Bonchev–Trinajstić information content (AvgIpc) is 2.80. The number of hydrogen-bond acceptors (Lipinski definition) is 1. The maximum atomic E-state index is 3.71. The zero-order valence-electron chi connectivity index (χ0n) is 17.2. The summed E-state index contributed by atoms with van der Waals surface area (Å²) < 4.78 is 0. The number of halogens is 1. The maximum absolute atomic E-state index is 3.71. The molecule has 0 aliphatic carbocycles. The van der Waals surface area contributed by atoms with Gasteiger partial charge in [0.2, 0.25) is 0 Å². The van der Waals surface area contributed by atoms with Crippen molar-refractivity contribution in [2.45, 2.75) is 6.92 Å². The predicted molar refractivity (Wildman–Crippen MR) is 130 cm³/mol. The van der Waals surface area contributed by atoms with Crippen LogP contribution < -0.4 is 38.2 Å². The second kappa shape index (κ2) is 10.6. The van der Waals surface area contributed by atoms with E-state index in [0.717, 1.165) is 12.7 Å². The Bertz CT molecular complexity index is 939. The number of rotatable bonds is 7. The highest BCUT2D eigenvalue weighted by atomic mass is 79.9. The van der Waals surface area contributed by atoms with Gasteiger partial charge in [0.15, 0.2) is 0 Å². The molecule has 152 valence electrons. The van der Waals surface area contributed by atoms with Gasteiger partial charge in [-0.05, 0) is 55.0 Å². The summed E-state index contributed by atoms with van der Waals surface area (Å²) in [5.74, 6) is 0. The Morgan fingerprint density at radius 3 is 1.40 bits per heavy atom. The van der Waals surface area contributed by atoms with Crippen LogP contribution in [0.5, 0.6) is 0 Å². The predicted octanol–water partition coefficient (Wildman–Crippen LogP) is 2.41. The van der Waals surface area contributed by atoms with E-state index in [-0.39, 0.29) is 17.0 Å². The van der Waals surface area contributed by atoms with E-state index in [2.05, 4.69) is 128 Å². The van der Waals surface area contributed by atoms with Crippen molar-refractivity contribution in [3.8, 4) is 0 Å². The molecule has 3 heteroatoms. The van der Waals surface area contributed by atoms with Crippen LogP contribution >= 0.6 is 7.26 Å². The first-order valence-electron chi connectivity index (χ1n) is 10.2. The number of benzene rings is 4. The summed E-state index contributed by atoms with van der Waals surface area (Å²) in [4.78, 5) is 0. The van der Waals surface area contributed by atoms with Gasteiger partial charge in [-0.2, -0.15) is 0 Å². The van der Waals surface area contributed by atoms with Crippen molar-refractivity contribution in [1.82, 2.24) is 0 Å². The number of nitrogens with one attached hydrogen (secondary N) is 1. The Labute approximate surface area is 191 Å². The molecule has 0 heterocycles. The largest absolute Gasteiger partial charge is 1.00 e. The molecule has 0 aromatic heterocycles. The normalized spacial score (nSPS) is 10.8. The third-order valence-corrected chi connectivity index (χ3v) is 9.93. The molecule has 0 amide bonds. The van der Waals surface area contributed by atoms with E-state index in [1.165, 1.54) is 27.2 Å². The molecule has 0 fully saturated rings. The van der Waals surface area contributed by atoms with Crippen LogP contribution in [-0.4, -0.2) is 12.7 Å². The van der Waals surface area contributed by atoms with Gasteiger partial charge in [0.05, 0.1) is 6.16 Å². The standard InChI is InChI=1S/C27H27NP.BrH/c1-23-13-11-12-20-27(23)28-21-22-29(24-14-5-2-6-15-24,25-16-7-3-8-17-25)26-18-9-4-10-19-26;/h2-20,28H,21-22H2,1H3;1H/q+1;/p-1. The van der Waals surface area contributed by atoms with Crippen LogP contribution in [-0.2, 0) is 0 Å². The zero-order valence-corrected chi connectivity index (χ0v) is 19.7. The molecule has 0 atom stereocenters. The summed E-state index contributed by atoms with van der Waals surface area (Å²) in [6.45, 7) is 3.09. The number of aryl methyl sites for hydroxylation is 1. The molecule has 0 saturated carbocycles. The van der Waals surface area contributed by atoms with E-state index in [9.17, 15) is 0 Å². The molecular weight excluding hydrogens is 449 g/mol. The van der Waals surface area contributed by atoms with Crippen LogP contribution in [0, 0.1) is 6.92 Å². The number of para-hydroxylation sites is 1. The summed E-state index contributed by atoms with van der Waals surface area (Å²) >= 11 is 0. The molecule has 0 saturated heterocycles. The van der Waals surface area contributed by atoms with Gasteiger partial charge in [0.25, 0.3) is 0 Å². The quantitative estimate of drug-likeness (QED) is 0.404. The molecule has 4 aromatic rings. The molecule has 1 N–H and O–H groups in total. The summed E-state index contributed by atoms with van der Waals surface area (Å²) in [5, 5.41) is 8.01. The third-order valence-electron chi connectivity index (χ3n) is 5.50. The van der Waals surface area contributed by atoms with E-state index in [1.54, 1.807) is 0 Å². The Balaban J connectivity index is 0.00000256. The van der Waals surface area contributed by atoms with Crippen molar-refractivity contribution in [2.75, 3.05) is 18.0 Å². The second-order valence-corrected chi connectivity index (χ2v) is 10.9. The maximum Gasteiger partial charge on any atom is 0.113 e. The van der Waals surface area contributed by atoms with Gasteiger partial charge in [0.1, 0.15) is 23.2 Å². The van der Waals surface area contributed by atoms with Crippen molar-refractivity contribution < 1.29 is 17.0 Å². The van der Waals surface area contributed by atoms with Gasteiger partial charge in [-0.1, -0.05) is 72.8 Å². The Kier molecular flexibility index (Phi) is 7.85. The number of hydrogen-bond donors (Lipinski definition) is 1. The molecule has 0 bridgehead atoms. The fourth-order valence-electron chi connectivity index (χ4n) is 4.01. The Morgan fingerprint density at radius 2 is 0.967 bits per heavy atom. The minimum absolute atomic E-state index is 0. The van der Waals surface area contributed by atoms with E-state index >= 15 is 0 Å². The van der Waals surface area contributed by atoms with Gasteiger partial charge in [-0.3, -0.25) is 0 Å². The van der Waals surface area contributed by atoms with E-state index in [1.807, 2.05) is 0 Å². The summed E-state index contributed by atoms with van der Waals surface area (Å²) in [6, 6.07) is 41.7. The minimum atomic E-state index is -1.77. The lowest BCUT2D eigenvalue weighted by molar-refractivity contribution is -0.00000566. The first kappa shape index (κ1) is 22.3. The molecule has 1 nitrogen and oxygen atoms in total. The van der Waals surface area contributed by atoms with Gasteiger partial charge >= 0.3 is 0 Å². The van der Waals surface area contributed by atoms with Crippen molar-refractivity contribution in [2.24, 2.45) is 0 Å². The summed E-state index contributed by atoms with van der Waals surface area (Å²) in [6.07, 6.45) is 1.07. The highest BCUT2D eigenvalue weighted by Gasteiger charge is 2.44. The first-order valence-corrected chi connectivity index (χ1v) is 12.1. The van der Waals surface area contributed by atoms with Gasteiger partial charge in [0, 0.05) is 12.2 Å². The van der Waals surface area contributed by atoms with Gasteiger partial charge in [-0.15, -0.1) is 0 Å². The molecule has 0 aliphatic heterocycles. The Morgan fingerprint density at radius 1 is 0.567 bits per heavy atom. The van der Waals surface area contributed by atoms with Crippen LogP contribution in [0.4, 0.5) is 5.69 Å². The first-order chi connectivity index (χ1) is 14.3. The highest BCUT2D eigenvalue weighted by molar-refractivity contribution is 7.95. The monoisotopic (exact) mass is 475 g/mol. The van der Waals surface area contributed by atoms with E-state index in [4.69, 9.17) is 0 Å². The fraction of sp³-hybridized carbons (Fsp3) is 0.111. The van der Waals surface area contributed by atoms with Gasteiger partial charge < -0.3 is 22.3 Å².